The topological polar surface area (TPSA) is 112 Å². The second-order valence-corrected chi connectivity index (χ2v) is 8.74. The molecular formula is C22H22BrN7O. The number of amides is 1. The van der Waals surface area contributed by atoms with Crippen LogP contribution in [0, 0.1) is 6.92 Å². The first-order chi connectivity index (χ1) is 14.8. The van der Waals surface area contributed by atoms with Crippen LogP contribution in [0.4, 0.5) is 5.82 Å². The Morgan fingerprint density at radius 2 is 1.90 bits per heavy atom. The van der Waals surface area contributed by atoms with Crippen LogP contribution in [0.1, 0.15) is 29.9 Å². The van der Waals surface area contributed by atoms with Crippen molar-refractivity contribution in [1.29, 1.82) is 0 Å². The molecule has 4 rings (SSSR count). The fourth-order valence-corrected chi connectivity index (χ4v) is 3.65. The largest absolute Gasteiger partial charge is 0.383 e. The third kappa shape index (κ3) is 4.13. The number of rotatable bonds is 5. The summed E-state index contributed by atoms with van der Waals surface area (Å²) in [6.07, 6.45) is 1.43. The molecule has 3 heterocycles. The zero-order chi connectivity index (χ0) is 22.2. The van der Waals surface area contributed by atoms with Gasteiger partial charge in [0.1, 0.15) is 28.1 Å². The predicted octanol–water partition coefficient (Wildman–Crippen LogP) is 3.71. The Kier molecular flexibility index (Phi) is 5.45. The number of nitrogens with two attached hydrogens (primary N) is 1. The fraction of sp³-hybridized carbons (Fsp3) is 0.227. The third-order valence-corrected chi connectivity index (χ3v) is 5.46. The van der Waals surface area contributed by atoms with Crippen molar-refractivity contribution in [1.82, 2.24) is 30.0 Å². The van der Waals surface area contributed by atoms with Gasteiger partial charge in [0.2, 0.25) is 0 Å². The Labute approximate surface area is 188 Å². The van der Waals surface area contributed by atoms with Crippen molar-refractivity contribution in [2.75, 3.05) is 12.3 Å². The molecule has 158 valence electrons. The van der Waals surface area contributed by atoms with Crippen LogP contribution in [-0.2, 0) is 5.54 Å². The molecule has 9 heteroatoms. The van der Waals surface area contributed by atoms with Crippen LogP contribution in [0.3, 0.4) is 0 Å². The molecule has 3 N–H and O–H groups in total. The lowest BCUT2D eigenvalue weighted by Crippen LogP contribution is -2.41. The van der Waals surface area contributed by atoms with Gasteiger partial charge in [-0.2, -0.15) is 5.10 Å². The number of fused-ring (bicyclic) bond motifs is 1. The van der Waals surface area contributed by atoms with E-state index in [0.717, 1.165) is 11.1 Å². The van der Waals surface area contributed by atoms with Crippen molar-refractivity contribution < 1.29 is 4.79 Å². The quantitative estimate of drug-likeness (QED) is 0.422. The highest BCUT2D eigenvalue weighted by Crippen LogP contribution is 2.33. The molecule has 0 radical (unpaired) electrons. The lowest BCUT2D eigenvalue weighted by molar-refractivity contribution is 0.0931. The molecule has 0 saturated carbocycles. The molecule has 0 fully saturated rings. The van der Waals surface area contributed by atoms with Crippen LogP contribution in [-0.4, -0.2) is 37.2 Å². The molecule has 0 spiro atoms. The zero-order valence-electron chi connectivity index (χ0n) is 17.4. The standard InChI is InChI=1S/C22H22BrN7O/c1-13-7-9-14(10-8-13)18-17-19(24)26-12-27-20(17)30(29-18)22(2,3)11-25-21(31)15-5-4-6-16(23)28-15/h4-10,12H,11H2,1-3H3,(H,25,31)(H2,24,26,27). The Morgan fingerprint density at radius 3 is 2.61 bits per heavy atom. The second-order valence-electron chi connectivity index (χ2n) is 7.92. The first-order valence-corrected chi connectivity index (χ1v) is 10.5. The molecule has 0 unspecified atom stereocenters. The minimum Gasteiger partial charge on any atom is -0.383 e. The highest BCUT2D eigenvalue weighted by Gasteiger charge is 2.28. The van der Waals surface area contributed by atoms with Gasteiger partial charge in [-0.3, -0.25) is 4.79 Å². The van der Waals surface area contributed by atoms with Crippen LogP contribution >= 0.6 is 15.9 Å². The summed E-state index contributed by atoms with van der Waals surface area (Å²) < 4.78 is 2.40. The van der Waals surface area contributed by atoms with Crippen molar-refractivity contribution in [3.05, 3.63) is 64.7 Å². The van der Waals surface area contributed by atoms with E-state index in [2.05, 4.69) is 36.2 Å². The number of carbonyl (C=O) groups excluding carboxylic acids is 1. The number of carbonyl (C=O) groups is 1. The number of nitrogen functional groups attached to an aromatic ring is 1. The molecule has 31 heavy (non-hydrogen) atoms. The van der Waals surface area contributed by atoms with Gasteiger partial charge in [0.25, 0.3) is 5.91 Å². The molecule has 0 aliphatic carbocycles. The maximum atomic E-state index is 12.6. The summed E-state index contributed by atoms with van der Waals surface area (Å²) in [6, 6.07) is 13.3. The van der Waals surface area contributed by atoms with Crippen molar-refractivity contribution in [3.8, 4) is 11.3 Å². The summed E-state index contributed by atoms with van der Waals surface area (Å²) in [4.78, 5) is 25.4. The summed E-state index contributed by atoms with van der Waals surface area (Å²) in [5, 5.41) is 8.48. The van der Waals surface area contributed by atoms with Gasteiger partial charge in [0, 0.05) is 12.1 Å². The molecule has 0 aliphatic rings. The van der Waals surface area contributed by atoms with E-state index in [1.54, 1.807) is 22.9 Å². The Balaban J connectivity index is 1.70. The van der Waals surface area contributed by atoms with Gasteiger partial charge in [0.15, 0.2) is 5.65 Å². The predicted molar refractivity (Wildman–Crippen MR) is 124 cm³/mol. The number of hydrogen-bond acceptors (Lipinski definition) is 6. The van der Waals surface area contributed by atoms with Crippen molar-refractivity contribution in [2.45, 2.75) is 26.3 Å². The van der Waals surface area contributed by atoms with E-state index < -0.39 is 5.54 Å². The van der Waals surface area contributed by atoms with E-state index in [1.165, 1.54) is 6.33 Å². The van der Waals surface area contributed by atoms with Gasteiger partial charge >= 0.3 is 0 Å². The van der Waals surface area contributed by atoms with Gasteiger partial charge in [-0.25, -0.2) is 19.6 Å². The van der Waals surface area contributed by atoms with E-state index >= 15 is 0 Å². The third-order valence-electron chi connectivity index (χ3n) is 5.02. The molecule has 8 nitrogen and oxygen atoms in total. The summed E-state index contributed by atoms with van der Waals surface area (Å²) in [7, 11) is 0. The molecule has 1 aromatic carbocycles. The highest BCUT2D eigenvalue weighted by atomic mass is 79.9. The number of halogens is 1. The van der Waals surface area contributed by atoms with Crippen LogP contribution in [0.5, 0.6) is 0 Å². The van der Waals surface area contributed by atoms with Gasteiger partial charge in [-0.05, 0) is 48.8 Å². The molecule has 0 aliphatic heterocycles. The minimum atomic E-state index is -0.594. The monoisotopic (exact) mass is 479 g/mol. The molecule has 0 saturated heterocycles. The number of benzene rings is 1. The Bertz CT molecular complexity index is 1260. The van der Waals surface area contributed by atoms with Gasteiger partial charge in [-0.1, -0.05) is 35.9 Å². The highest BCUT2D eigenvalue weighted by molar-refractivity contribution is 9.10. The van der Waals surface area contributed by atoms with Gasteiger partial charge in [0.05, 0.1) is 10.9 Å². The normalized spacial score (nSPS) is 11.6. The molecule has 1 amide bonds. The average Bonchev–Trinajstić information content (AvgIpc) is 3.15. The Morgan fingerprint density at radius 1 is 1.16 bits per heavy atom. The number of nitrogens with one attached hydrogen (secondary N) is 1. The molecule has 0 atom stereocenters. The van der Waals surface area contributed by atoms with Crippen LogP contribution in [0.15, 0.2) is 53.4 Å². The van der Waals surface area contributed by atoms with E-state index in [1.807, 2.05) is 45.0 Å². The number of hydrogen-bond donors (Lipinski definition) is 2. The zero-order valence-corrected chi connectivity index (χ0v) is 19.0. The maximum absolute atomic E-state index is 12.6. The lowest BCUT2D eigenvalue weighted by Gasteiger charge is -2.26. The minimum absolute atomic E-state index is 0.265. The van der Waals surface area contributed by atoms with Gasteiger partial charge in [-0.15, -0.1) is 0 Å². The Hall–Kier alpha value is -3.33. The first-order valence-electron chi connectivity index (χ1n) is 9.74. The second kappa shape index (κ2) is 8.07. The number of aromatic nitrogens is 5. The van der Waals surface area contributed by atoms with Crippen LogP contribution < -0.4 is 11.1 Å². The van der Waals surface area contributed by atoms with Gasteiger partial charge < -0.3 is 11.1 Å². The summed E-state index contributed by atoms with van der Waals surface area (Å²) in [5.41, 5.74) is 9.35. The number of nitrogens with zero attached hydrogens (tertiary/aromatic N) is 5. The SMILES string of the molecule is Cc1ccc(-c2nn(C(C)(C)CNC(=O)c3cccc(Br)n3)c3ncnc(N)c23)cc1. The smallest absolute Gasteiger partial charge is 0.270 e. The summed E-state index contributed by atoms with van der Waals surface area (Å²) in [6.45, 7) is 6.30. The molecule has 0 bridgehead atoms. The van der Waals surface area contributed by atoms with Crippen molar-refractivity contribution in [3.63, 3.8) is 0 Å². The van der Waals surface area contributed by atoms with Crippen LogP contribution in [0.2, 0.25) is 0 Å². The van der Waals surface area contributed by atoms with Crippen molar-refractivity contribution in [2.24, 2.45) is 0 Å². The molecule has 4 aromatic rings. The maximum Gasteiger partial charge on any atom is 0.270 e. The van der Waals surface area contributed by atoms with Crippen molar-refractivity contribution >= 4 is 38.7 Å². The fourth-order valence-electron chi connectivity index (χ4n) is 3.31. The summed E-state index contributed by atoms with van der Waals surface area (Å²) in [5.74, 6) is 0.101. The lowest BCUT2D eigenvalue weighted by atomic mass is 10.1. The molecule has 3 aromatic heterocycles. The van der Waals surface area contributed by atoms with E-state index in [4.69, 9.17) is 10.8 Å². The van der Waals surface area contributed by atoms with E-state index in [9.17, 15) is 4.79 Å². The number of aryl methyl sites for hydroxylation is 1. The van der Waals surface area contributed by atoms with E-state index in [-0.39, 0.29) is 5.91 Å². The average molecular weight is 480 g/mol. The van der Waals surface area contributed by atoms with E-state index in [0.29, 0.717) is 39.4 Å². The molecular weight excluding hydrogens is 458 g/mol. The summed E-state index contributed by atoms with van der Waals surface area (Å²) >= 11 is 3.29. The first kappa shape index (κ1) is 20.9. The van der Waals surface area contributed by atoms with Crippen LogP contribution in [0.25, 0.3) is 22.3 Å². The number of anilines is 1. The number of pyridine rings is 1.